The lowest BCUT2D eigenvalue weighted by atomic mass is 9.78. The van der Waals surface area contributed by atoms with Gasteiger partial charge in [0.15, 0.2) is 0 Å². The van der Waals surface area contributed by atoms with Gasteiger partial charge in [-0.15, -0.1) is 11.6 Å². The van der Waals surface area contributed by atoms with Gasteiger partial charge in [0.1, 0.15) is 0 Å². The maximum absolute atomic E-state index is 12.4. The van der Waals surface area contributed by atoms with Crippen molar-refractivity contribution in [2.45, 2.75) is 75.8 Å². The zero-order valence-electron chi connectivity index (χ0n) is 13.1. The van der Waals surface area contributed by atoms with Gasteiger partial charge in [0.05, 0.1) is 6.04 Å². The number of fused-ring (bicyclic) bond motifs is 1. The van der Waals surface area contributed by atoms with E-state index in [0.717, 1.165) is 25.8 Å². The van der Waals surface area contributed by atoms with E-state index in [1.807, 2.05) is 0 Å². The summed E-state index contributed by atoms with van der Waals surface area (Å²) in [6, 6.07) is 0.586. The van der Waals surface area contributed by atoms with Crippen LogP contribution < -0.4 is 10.6 Å². The van der Waals surface area contributed by atoms with Crippen LogP contribution in [0.3, 0.4) is 0 Å². The summed E-state index contributed by atoms with van der Waals surface area (Å²) < 4.78 is 0. The normalized spacial score (nSPS) is 43.3. The van der Waals surface area contributed by atoms with Gasteiger partial charge in [-0.05, 0) is 49.9 Å². The van der Waals surface area contributed by atoms with Crippen molar-refractivity contribution in [2.75, 3.05) is 6.54 Å². The summed E-state index contributed by atoms with van der Waals surface area (Å²) in [5.74, 6) is 2.09. The number of amides is 1. The number of hydrogen-bond acceptors (Lipinski definition) is 2. The van der Waals surface area contributed by atoms with Crippen molar-refractivity contribution in [1.82, 2.24) is 10.6 Å². The van der Waals surface area contributed by atoms with Crippen molar-refractivity contribution < 1.29 is 4.79 Å². The van der Waals surface area contributed by atoms with Crippen molar-refractivity contribution in [2.24, 2.45) is 17.8 Å². The van der Waals surface area contributed by atoms with E-state index < -0.39 is 0 Å². The second-order valence-corrected chi connectivity index (χ2v) is 8.02. The summed E-state index contributed by atoms with van der Waals surface area (Å²) in [5, 5.41) is 7.01. The number of rotatable bonds is 3. The minimum Gasteiger partial charge on any atom is -0.354 e. The van der Waals surface area contributed by atoms with Gasteiger partial charge in [0.25, 0.3) is 0 Å². The second kappa shape index (κ2) is 6.87. The monoisotopic (exact) mass is 312 g/mol. The quantitative estimate of drug-likeness (QED) is 0.786. The summed E-state index contributed by atoms with van der Waals surface area (Å²) in [6.07, 6.45) is 9.71. The molecule has 2 N–H and O–H groups in total. The molecule has 0 spiro atoms. The van der Waals surface area contributed by atoms with Crippen LogP contribution in [0.5, 0.6) is 0 Å². The summed E-state index contributed by atoms with van der Waals surface area (Å²) >= 11 is 6.38. The average Bonchev–Trinajstić information content (AvgIpc) is 2.92. The third-order valence-corrected chi connectivity index (χ3v) is 6.53. The molecule has 6 unspecified atom stereocenters. The van der Waals surface area contributed by atoms with E-state index in [0.29, 0.717) is 23.8 Å². The van der Waals surface area contributed by atoms with Gasteiger partial charge in [-0.2, -0.15) is 0 Å². The van der Waals surface area contributed by atoms with Crippen LogP contribution >= 0.6 is 11.6 Å². The fourth-order valence-corrected chi connectivity index (χ4v) is 4.99. The van der Waals surface area contributed by atoms with E-state index in [4.69, 9.17) is 11.6 Å². The molecule has 3 fully saturated rings. The molecule has 2 saturated carbocycles. The molecule has 0 aromatic rings. The van der Waals surface area contributed by atoms with Crippen molar-refractivity contribution >= 4 is 17.5 Å². The lowest BCUT2D eigenvalue weighted by Crippen LogP contribution is -2.46. The highest BCUT2D eigenvalue weighted by atomic mass is 35.5. The lowest BCUT2D eigenvalue weighted by Gasteiger charge is -2.31. The van der Waals surface area contributed by atoms with Gasteiger partial charge >= 0.3 is 0 Å². The third-order valence-electron chi connectivity index (χ3n) is 5.96. The van der Waals surface area contributed by atoms with Crippen molar-refractivity contribution in [1.29, 1.82) is 0 Å². The van der Waals surface area contributed by atoms with E-state index in [-0.39, 0.29) is 17.3 Å². The Bertz CT molecular complexity index is 376. The minimum absolute atomic E-state index is 0.0258. The smallest absolute Gasteiger partial charge is 0.237 e. The number of nitrogens with one attached hydrogen (secondary N) is 2. The summed E-state index contributed by atoms with van der Waals surface area (Å²) in [5.41, 5.74) is 0. The first-order chi connectivity index (χ1) is 10.1. The molecule has 0 aromatic carbocycles. The first kappa shape index (κ1) is 15.6. The maximum atomic E-state index is 12.4. The Morgan fingerprint density at radius 1 is 1.19 bits per heavy atom. The molecule has 0 aromatic heterocycles. The Kier molecular flexibility index (Phi) is 5.11. The van der Waals surface area contributed by atoms with Crippen LogP contribution in [-0.2, 0) is 4.79 Å². The SMILES string of the molecule is CC1CCCC2CC(C(=O)NCC3CCCCC3Cl)NC12. The molecular formula is C17H29ClN2O. The first-order valence-electron chi connectivity index (χ1n) is 8.83. The van der Waals surface area contributed by atoms with E-state index in [9.17, 15) is 4.79 Å². The predicted molar refractivity (Wildman–Crippen MR) is 86.4 cm³/mol. The van der Waals surface area contributed by atoms with E-state index >= 15 is 0 Å². The van der Waals surface area contributed by atoms with E-state index in [1.165, 1.54) is 32.1 Å². The zero-order chi connectivity index (χ0) is 14.8. The Labute approximate surface area is 133 Å². The number of alkyl halides is 1. The molecule has 1 aliphatic heterocycles. The largest absolute Gasteiger partial charge is 0.354 e. The Balaban J connectivity index is 1.47. The number of carbonyl (C=O) groups excluding carboxylic acids is 1. The van der Waals surface area contributed by atoms with Gasteiger partial charge in [-0.3, -0.25) is 4.79 Å². The van der Waals surface area contributed by atoms with Gasteiger partial charge in [0.2, 0.25) is 5.91 Å². The predicted octanol–water partition coefficient (Wildman–Crippen LogP) is 3.07. The molecule has 4 heteroatoms. The Morgan fingerprint density at radius 3 is 2.76 bits per heavy atom. The molecule has 0 bridgehead atoms. The Morgan fingerprint density at radius 2 is 2.00 bits per heavy atom. The highest BCUT2D eigenvalue weighted by Gasteiger charge is 2.41. The van der Waals surface area contributed by atoms with Crippen LogP contribution in [0, 0.1) is 17.8 Å². The molecule has 120 valence electrons. The molecule has 3 rings (SSSR count). The molecule has 0 radical (unpaired) electrons. The van der Waals surface area contributed by atoms with Crippen LogP contribution in [0.4, 0.5) is 0 Å². The third kappa shape index (κ3) is 3.56. The summed E-state index contributed by atoms with van der Waals surface area (Å²) in [7, 11) is 0. The van der Waals surface area contributed by atoms with Crippen molar-refractivity contribution in [3.63, 3.8) is 0 Å². The molecule has 21 heavy (non-hydrogen) atoms. The zero-order valence-corrected chi connectivity index (χ0v) is 13.9. The average molecular weight is 313 g/mol. The number of hydrogen-bond donors (Lipinski definition) is 2. The number of halogens is 1. The van der Waals surface area contributed by atoms with Crippen LogP contribution in [0.2, 0.25) is 0 Å². The van der Waals surface area contributed by atoms with Gasteiger partial charge in [-0.25, -0.2) is 0 Å². The standard InChI is InChI=1S/C17H29ClN2O/c1-11-5-4-7-12-9-15(20-16(11)12)17(21)19-10-13-6-2-3-8-14(13)18/h11-16,20H,2-10H2,1H3,(H,19,21). The first-order valence-corrected chi connectivity index (χ1v) is 9.26. The van der Waals surface area contributed by atoms with Crippen molar-refractivity contribution in [3.8, 4) is 0 Å². The minimum atomic E-state index is 0.0258. The summed E-state index contributed by atoms with van der Waals surface area (Å²) in [4.78, 5) is 12.4. The summed E-state index contributed by atoms with van der Waals surface area (Å²) in [6.45, 7) is 3.08. The molecule has 3 aliphatic rings. The van der Waals surface area contributed by atoms with Crippen LogP contribution in [0.15, 0.2) is 0 Å². The molecule has 2 aliphatic carbocycles. The van der Waals surface area contributed by atoms with Crippen LogP contribution in [0.25, 0.3) is 0 Å². The van der Waals surface area contributed by atoms with Crippen LogP contribution in [-0.4, -0.2) is 29.9 Å². The maximum Gasteiger partial charge on any atom is 0.237 e. The van der Waals surface area contributed by atoms with E-state index in [2.05, 4.69) is 17.6 Å². The fourth-order valence-electron chi connectivity index (χ4n) is 4.62. The van der Waals surface area contributed by atoms with Gasteiger partial charge in [-0.1, -0.05) is 26.2 Å². The van der Waals surface area contributed by atoms with Gasteiger partial charge in [0, 0.05) is 18.0 Å². The van der Waals surface area contributed by atoms with Gasteiger partial charge < -0.3 is 10.6 Å². The second-order valence-electron chi connectivity index (χ2n) is 7.45. The highest BCUT2D eigenvalue weighted by Crippen LogP contribution is 2.36. The van der Waals surface area contributed by atoms with Crippen molar-refractivity contribution in [3.05, 3.63) is 0 Å². The topological polar surface area (TPSA) is 41.1 Å². The molecular weight excluding hydrogens is 284 g/mol. The van der Waals surface area contributed by atoms with E-state index in [1.54, 1.807) is 0 Å². The molecule has 1 saturated heterocycles. The highest BCUT2D eigenvalue weighted by molar-refractivity contribution is 6.20. The number of carbonyl (C=O) groups is 1. The lowest BCUT2D eigenvalue weighted by molar-refractivity contribution is -0.123. The molecule has 6 atom stereocenters. The molecule has 3 nitrogen and oxygen atoms in total. The molecule has 1 amide bonds. The molecule has 1 heterocycles. The Hall–Kier alpha value is -0.280. The van der Waals surface area contributed by atoms with Crippen LogP contribution in [0.1, 0.15) is 58.3 Å². The fraction of sp³-hybridized carbons (Fsp3) is 0.941.